The quantitative estimate of drug-likeness (QED) is 0.897. The molecule has 1 saturated heterocycles. The Bertz CT molecular complexity index is 593. The molecule has 0 aromatic heterocycles. The molecule has 0 bridgehead atoms. The van der Waals surface area contributed by atoms with Gasteiger partial charge < -0.3 is 19.5 Å². The molecule has 0 spiro atoms. The summed E-state index contributed by atoms with van der Waals surface area (Å²) < 4.78 is 33.9. The largest absolute Gasteiger partial charge is 0.493 e. The number of piperidine rings is 1. The molecule has 0 aliphatic carbocycles. The number of ether oxygens (including phenoxy) is 2. The minimum absolute atomic E-state index is 0.0139. The topological polar surface area (TPSA) is 76.1 Å². The molecular weight excluding hydrogens is 312 g/mol. The van der Waals surface area contributed by atoms with E-state index in [4.69, 9.17) is 4.74 Å². The highest BCUT2D eigenvalue weighted by Crippen LogP contribution is 2.30. The first-order valence-corrected chi connectivity index (χ1v) is 7.10. The summed E-state index contributed by atoms with van der Waals surface area (Å²) in [5.74, 6) is -1.73. The lowest BCUT2D eigenvalue weighted by Gasteiger charge is -2.33. The molecule has 2 rings (SSSR count). The highest BCUT2D eigenvalue weighted by atomic mass is 19.3. The molecule has 1 fully saturated rings. The van der Waals surface area contributed by atoms with Gasteiger partial charge in [0, 0.05) is 12.1 Å². The van der Waals surface area contributed by atoms with E-state index in [9.17, 15) is 23.5 Å². The third-order valence-electron chi connectivity index (χ3n) is 3.68. The second-order valence-electron chi connectivity index (χ2n) is 5.09. The molecule has 1 N–H and O–H groups in total. The van der Waals surface area contributed by atoms with Crippen LogP contribution in [0.25, 0.3) is 0 Å². The fourth-order valence-electron chi connectivity index (χ4n) is 2.59. The van der Waals surface area contributed by atoms with Gasteiger partial charge in [-0.3, -0.25) is 4.79 Å². The molecule has 0 radical (unpaired) electrons. The monoisotopic (exact) mass is 329 g/mol. The molecular formula is C15H17F2NO5. The zero-order valence-corrected chi connectivity index (χ0v) is 12.5. The van der Waals surface area contributed by atoms with Crippen molar-refractivity contribution < 1.29 is 33.0 Å². The Labute approximate surface area is 131 Å². The Morgan fingerprint density at radius 1 is 1.30 bits per heavy atom. The predicted octanol–water partition coefficient (Wildman–Crippen LogP) is 2.38. The van der Waals surface area contributed by atoms with Gasteiger partial charge in [0.05, 0.1) is 7.11 Å². The molecule has 1 aliphatic rings. The number of carboxylic acid groups (broad SMARTS) is 1. The molecule has 1 amide bonds. The maximum absolute atomic E-state index is 12.5. The second-order valence-corrected chi connectivity index (χ2v) is 5.09. The molecule has 1 aliphatic heterocycles. The lowest BCUT2D eigenvalue weighted by molar-refractivity contribution is -0.143. The number of benzene rings is 1. The van der Waals surface area contributed by atoms with E-state index in [2.05, 4.69) is 4.74 Å². The van der Waals surface area contributed by atoms with E-state index in [-0.39, 0.29) is 17.1 Å². The van der Waals surface area contributed by atoms with E-state index in [1.807, 2.05) is 0 Å². The van der Waals surface area contributed by atoms with Crippen molar-refractivity contribution in [2.75, 3.05) is 13.7 Å². The van der Waals surface area contributed by atoms with Crippen LogP contribution >= 0.6 is 0 Å². The van der Waals surface area contributed by atoms with Gasteiger partial charge in [-0.25, -0.2) is 4.79 Å². The molecule has 0 unspecified atom stereocenters. The fourth-order valence-corrected chi connectivity index (χ4v) is 2.59. The third-order valence-corrected chi connectivity index (χ3v) is 3.68. The van der Waals surface area contributed by atoms with Gasteiger partial charge in [-0.1, -0.05) is 0 Å². The van der Waals surface area contributed by atoms with Crippen LogP contribution in [0.15, 0.2) is 18.2 Å². The van der Waals surface area contributed by atoms with Crippen molar-refractivity contribution in [3.63, 3.8) is 0 Å². The lowest BCUT2D eigenvalue weighted by atomic mass is 10.0. The first kappa shape index (κ1) is 17.0. The van der Waals surface area contributed by atoms with E-state index in [1.54, 1.807) is 0 Å². The van der Waals surface area contributed by atoms with Gasteiger partial charge in [-0.05, 0) is 37.5 Å². The first-order valence-electron chi connectivity index (χ1n) is 7.10. The number of amides is 1. The summed E-state index contributed by atoms with van der Waals surface area (Å²) in [6.07, 6.45) is 1.86. The van der Waals surface area contributed by atoms with Crippen LogP contribution < -0.4 is 9.47 Å². The van der Waals surface area contributed by atoms with Gasteiger partial charge in [-0.15, -0.1) is 0 Å². The number of hydrogen-bond donors (Lipinski definition) is 1. The van der Waals surface area contributed by atoms with Crippen LogP contribution in [0.4, 0.5) is 8.78 Å². The Morgan fingerprint density at radius 2 is 2.04 bits per heavy atom. The molecule has 0 saturated carbocycles. The molecule has 1 atom stereocenters. The first-order chi connectivity index (χ1) is 10.9. The zero-order chi connectivity index (χ0) is 17.0. The standard InChI is InChI=1S/C15H17F2NO5/c1-22-12-8-9(5-6-11(12)23-15(16)17)13(19)18-7-3-2-4-10(18)14(20)21/h5-6,8,10,15H,2-4,7H2,1H3,(H,20,21)/t10-/m1/s1. The molecule has 1 aromatic rings. The van der Waals surface area contributed by atoms with Crippen molar-refractivity contribution in [3.8, 4) is 11.5 Å². The van der Waals surface area contributed by atoms with Crippen LogP contribution in [0.5, 0.6) is 11.5 Å². The Morgan fingerprint density at radius 3 is 2.65 bits per heavy atom. The number of methoxy groups -OCH3 is 1. The Hall–Kier alpha value is -2.38. The molecule has 8 heteroatoms. The number of hydrogen-bond acceptors (Lipinski definition) is 4. The summed E-state index contributed by atoms with van der Waals surface area (Å²) in [6, 6.07) is 2.92. The van der Waals surface area contributed by atoms with Gasteiger partial charge in [-0.2, -0.15) is 8.78 Å². The minimum atomic E-state index is -3.01. The number of aliphatic carboxylic acids is 1. The van der Waals surface area contributed by atoms with E-state index in [0.717, 1.165) is 12.8 Å². The van der Waals surface area contributed by atoms with Crippen LogP contribution in [-0.4, -0.2) is 48.2 Å². The van der Waals surface area contributed by atoms with Crippen LogP contribution in [0.1, 0.15) is 29.6 Å². The van der Waals surface area contributed by atoms with Crippen molar-refractivity contribution in [3.05, 3.63) is 23.8 Å². The number of nitrogens with zero attached hydrogens (tertiary/aromatic N) is 1. The molecule has 1 heterocycles. The average Bonchev–Trinajstić information content (AvgIpc) is 2.54. The van der Waals surface area contributed by atoms with Crippen molar-refractivity contribution in [1.29, 1.82) is 0 Å². The van der Waals surface area contributed by atoms with Crippen molar-refractivity contribution in [2.45, 2.75) is 31.9 Å². The van der Waals surface area contributed by atoms with Crippen LogP contribution in [0, 0.1) is 0 Å². The molecule has 126 valence electrons. The van der Waals surface area contributed by atoms with Gasteiger partial charge in [0.15, 0.2) is 11.5 Å². The maximum atomic E-state index is 12.5. The van der Waals surface area contributed by atoms with Crippen LogP contribution in [-0.2, 0) is 4.79 Å². The van der Waals surface area contributed by atoms with Crippen LogP contribution in [0.3, 0.4) is 0 Å². The average molecular weight is 329 g/mol. The maximum Gasteiger partial charge on any atom is 0.387 e. The van der Waals surface area contributed by atoms with Crippen LogP contribution in [0.2, 0.25) is 0 Å². The van der Waals surface area contributed by atoms with Gasteiger partial charge >= 0.3 is 12.6 Å². The normalized spacial score (nSPS) is 17.9. The van der Waals surface area contributed by atoms with Crippen molar-refractivity contribution in [1.82, 2.24) is 4.90 Å². The number of alkyl halides is 2. The summed E-state index contributed by atoms with van der Waals surface area (Å²) in [7, 11) is 1.27. The zero-order valence-electron chi connectivity index (χ0n) is 12.5. The third kappa shape index (κ3) is 3.88. The second kappa shape index (κ2) is 7.26. The van der Waals surface area contributed by atoms with Gasteiger partial charge in [0.1, 0.15) is 6.04 Å². The Kier molecular flexibility index (Phi) is 5.36. The minimum Gasteiger partial charge on any atom is -0.493 e. The smallest absolute Gasteiger partial charge is 0.387 e. The molecule has 1 aromatic carbocycles. The van der Waals surface area contributed by atoms with E-state index < -0.39 is 24.5 Å². The molecule has 23 heavy (non-hydrogen) atoms. The predicted molar refractivity (Wildman–Crippen MR) is 75.9 cm³/mol. The van der Waals surface area contributed by atoms with Gasteiger partial charge in [0.25, 0.3) is 5.91 Å². The SMILES string of the molecule is COc1cc(C(=O)N2CCCC[C@@H]2C(=O)O)ccc1OC(F)F. The summed E-state index contributed by atoms with van der Waals surface area (Å²) in [5.41, 5.74) is 0.164. The summed E-state index contributed by atoms with van der Waals surface area (Å²) in [6.45, 7) is -2.67. The highest BCUT2D eigenvalue weighted by molar-refractivity contribution is 5.97. The van der Waals surface area contributed by atoms with Gasteiger partial charge in [0.2, 0.25) is 0 Å². The lowest BCUT2D eigenvalue weighted by Crippen LogP contribution is -2.47. The summed E-state index contributed by atoms with van der Waals surface area (Å²) >= 11 is 0. The number of likely N-dealkylation sites (tertiary alicyclic amines) is 1. The van der Waals surface area contributed by atoms with Crippen molar-refractivity contribution >= 4 is 11.9 Å². The fraction of sp³-hybridized carbons (Fsp3) is 0.467. The number of halogens is 2. The highest BCUT2D eigenvalue weighted by Gasteiger charge is 2.32. The molecule has 6 nitrogen and oxygen atoms in total. The van der Waals surface area contributed by atoms with E-state index in [0.29, 0.717) is 13.0 Å². The number of carbonyl (C=O) groups is 2. The Balaban J connectivity index is 2.26. The summed E-state index contributed by atoms with van der Waals surface area (Å²) in [4.78, 5) is 25.1. The van der Waals surface area contributed by atoms with E-state index in [1.165, 1.54) is 30.2 Å². The number of carbonyl (C=O) groups excluding carboxylic acids is 1. The number of rotatable bonds is 5. The van der Waals surface area contributed by atoms with Crippen molar-refractivity contribution in [2.24, 2.45) is 0 Å². The summed E-state index contributed by atoms with van der Waals surface area (Å²) in [5, 5.41) is 9.23. The number of carboxylic acids is 1. The van der Waals surface area contributed by atoms with E-state index >= 15 is 0 Å².